The Hall–Kier alpha value is -2.07. The number of ether oxygens (including phenoxy) is 3. The summed E-state index contributed by atoms with van der Waals surface area (Å²) in [6.45, 7) is 4.10. The lowest BCUT2D eigenvalue weighted by Crippen LogP contribution is -2.37. The lowest BCUT2D eigenvalue weighted by Gasteiger charge is -2.28. The lowest BCUT2D eigenvalue weighted by atomic mass is 10.1. The average molecular weight is 824 g/mol. The third-order valence-corrected chi connectivity index (χ3v) is 10.7. The average Bonchev–Trinajstić information content (AvgIpc) is 3.92. The highest BCUT2D eigenvalue weighted by Gasteiger charge is 2.36. The summed E-state index contributed by atoms with van der Waals surface area (Å²) < 4.78 is 39.7. The molecule has 1 fully saturated rings. The molecule has 4 atom stereocenters. The van der Waals surface area contributed by atoms with Gasteiger partial charge in [0.15, 0.2) is 6.10 Å². The second kappa shape index (κ2) is 34.8. The second-order valence-electron chi connectivity index (χ2n) is 16.4. The van der Waals surface area contributed by atoms with Crippen molar-refractivity contribution in [3.05, 3.63) is 48.6 Å². The summed E-state index contributed by atoms with van der Waals surface area (Å²) >= 11 is 0. The number of unbranched alkanes of at least 4 members (excludes halogenated alkanes) is 14. The van der Waals surface area contributed by atoms with Gasteiger partial charge in [-0.05, 0) is 77.0 Å². The molecule has 0 spiro atoms. The third kappa shape index (κ3) is 35.6. The number of carbonyl (C=O) groups excluding carboxylic acids is 2. The Balaban J connectivity index is 2.31. The van der Waals surface area contributed by atoms with Crippen LogP contribution in [0.25, 0.3) is 0 Å². The van der Waals surface area contributed by atoms with Crippen LogP contribution in [0.4, 0.5) is 0 Å². The molecular formula is C46H82NO9P. The predicted molar refractivity (Wildman–Crippen MR) is 231 cm³/mol. The maximum absolute atomic E-state index is 12.7. The van der Waals surface area contributed by atoms with Gasteiger partial charge in [-0.1, -0.05) is 127 Å². The van der Waals surface area contributed by atoms with Crippen LogP contribution in [-0.4, -0.2) is 82.2 Å². The van der Waals surface area contributed by atoms with Crippen LogP contribution in [0.5, 0.6) is 0 Å². The number of nitrogens with zero attached hydrogens (tertiary/aromatic N) is 1. The number of esters is 2. The molecule has 0 aromatic rings. The van der Waals surface area contributed by atoms with Crippen molar-refractivity contribution in [2.75, 3.05) is 47.5 Å². The molecule has 0 amide bonds. The summed E-state index contributed by atoms with van der Waals surface area (Å²) in [6, 6.07) is 0. The molecule has 1 saturated heterocycles. The van der Waals surface area contributed by atoms with Gasteiger partial charge in [0.25, 0.3) is 7.82 Å². The smallest absolute Gasteiger partial charge is 0.306 e. The van der Waals surface area contributed by atoms with E-state index in [2.05, 4.69) is 62.5 Å². The number of allylic oxidation sites excluding steroid dienone is 7. The Kier molecular flexibility index (Phi) is 32.3. The van der Waals surface area contributed by atoms with Crippen molar-refractivity contribution in [1.29, 1.82) is 0 Å². The van der Waals surface area contributed by atoms with Crippen molar-refractivity contribution >= 4 is 19.8 Å². The van der Waals surface area contributed by atoms with Crippen LogP contribution in [0.1, 0.15) is 168 Å². The zero-order valence-electron chi connectivity index (χ0n) is 36.7. The van der Waals surface area contributed by atoms with Crippen LogP contribution >= 0.6 is 7.82 Å². The van der Waals surface area contributed by atoms with Gasteiger partial charge < -0.3 is 32.6 Å². The SMILES string of the molecule is CCCCC/C=C\C/C=C\C/C=C\CCCCCCC(=O)OC[C@H](COP(=O)([O-])OCC[N+](C)(C)C)OC(=O)CCCCCCCC1OC1C/C=C\CCCCC. The fraction of sp³-hybridized carbons (Fsp3) is 0.783. The van der Waals surface area contributed by atoms with Crippen molar-refractivity contribution < 1.29 is 46.8 Å². The molecule has 57 heavy (non-hydrogen) atoms. The van der Waals surface area contributed by atoms with Crippen LogP contribution in [-0.2, 0) is 37.4 Å². The monoisotopic (exact) mass is 824 g/mol. The molecular weight excluding hydrogens is 741 g/mol. The van der Waals surface area contributed by atoms with E-state index in [0.29, 0.717) is 36.1 Å². The van der Waals surface area contributed by atoms with Crippen molar-refractivity contribution in [2.24, 2.45) is 0 Å². The highest BCUT2D eigenvalue weighted by atomic mass is 31.2. The fourth-order valence-electron chi connectivity index (χ4n) is 6.08. The summed E-state index contributed by atoms with van der Waals surface area (Å²) in [5.74, 6) is -0.886. The largest absolute Gasteiger partial charge is 0.756 e. The first kappa shape index (κ1) is 52.9. The fourth-order valence-corrected chi connectivity index (χ4v) is 6.81. The number of phosphoric acid groups is 1. The molecule has 1 rings (SSSR count). The summed E-state index contributed by atoms with van der Waals surface area (Å²) in [4.78, 5) is 37.6. The molecule has 11 heteroatoms. The molecule has 0 aromatic heterocycles. The van der Waals surface area contributed by atoms with Gasteiger partial charge in [-0.3, -0.25) is 14.2 Å². The number of hydrogen-bond acceptors (Lipinski definition) is 9. The first-order valence-electron chi connectivity index (χ1n) is 22.5. The Morgan fingerprint density at radius 3 is 1.79 bits per heavy atom. The number of rotatable bonds is 39. The maximum Gasteiger partial charge on any atom is 0.306 e. The van der Waals surface area contributed by atoms with Crippen molar-refractivity contribution in [1.82, 2.24) is 0 Å². The van der Waals surface area contributed by atoms with Crippen molar-refractivity contribution in [3.8, 4) is 0 Å². The Labute approximate surface area is 348 Å². The van der Waals surface area contributed by atoms with Gasteiger partial charge in [-0.2, -0.15) is 0 Å². The minimum atomic E-state index is -4.64. The number of hydrogen-bond donors (Lipinski definition) is 0. The van der Waals surface area contributed by atoms with Gasteiger partial charge in [0.05, 0.1) is 40.0 Å². The predicted octanol–water partition coefficient (Wildman–Crippen LogP) is 11.0. The van der Waals surface area contributed by atoms with Gasteiger partial charge in [-0.25, -0.2) is 0 Å². The van der Waals surface area contributed by atoms with Crippen LogP contribution in [0.3, 0.4) is 0 Å². The molecule has 0 radical (unpaired) electrons. The van der Waals surface area contributed by atoms with E-state index in [1.807, 2.05) is 21.1 Å². The molecule has 330 valence electrons. The third-order valence-electron chi connectivity index (χ3n) is 9.75. The van der Waals surface area contributed by atoms with E-state index in [-0.39, 0.29) is 26.1 Å². The molecule has 3 unspecified atom stereocenters. The number of epoxide rings is 1. The first-order valence-corrected chi connectivity index (χ1v) is 23.9. The Morgan fingerprint density at radius 2 is 1.18 bits per heavy atom. The highest BCUT2D eigenvalue weighted by molar-refractivity contribution is 7.45. The topological polar surface area (TPSA) is 124 Å². The minimum absolute atomic E-state index is 0.0422. The van der Waals surface area contributed by atoms with Gasteiger partial charge in [0, 0.05) is 12.8 Å². The molecule has 0 aliphatic carbocycles. The Bertz CT molecular complexity index is 1180. The highest BCUT2D eigenvalue weighted by Crippen LogP contribution is 2.38. The number of quaternary nitrogens is 1. The lowest BCUT2D eigenvalue weighted by molar-refractivity contribution is -0.870. The first-order chi connectivity index (χ1) is 27.5. The van der Waals surface area contributed by atoms with Gasteiger partial charge in [0.2, 0.25) is 0 Å². The van der Waals surface area contributed by atoms with Gasteiger partial charge in [-0.15, -0.1) is 0 Å². The zero-order valence-corrected chi connectivity index (χ0v) is 37.6. The summed E-state index contributed by atoms with van der Waals surface area (Å²) in [5.41, 5.74) is 0. The van der Waals surface area contributed by atoms with Gasteiger partial charge in [0.1, 0.15) is 19.8 Å². The molecule has 0 saturated carbocycles. The summed E-state index contributed by atoms with van der Waals surface area (Å²) in [7, 11) is 1.13. The van der Waals surface area contributed by atoms with E-state index in [1.54, 1.807) is 0 Å². The van der Waals surface area contributed by atoms with E-state index in [0.717, 1.165) is 83.5 Å². The molecule has 1 heterocycles. The maximum atomic E-state index is 12.7. The number of carbonyl (C=O) groups is 2. The molecule has 10 nitrogen and oxygen atoms in total. The van der Waals surface area contributed by atoms with Crippen LogP contribution < -0.4 is 4.89 Å². The molecule has 0 aromatic carbocycles. The van der Waals surface area contributed by atoms with E-state index in [9.17, 15) is 19.0 Å². The molecule has 0 bridgehead atoms. The van der Waals surface area contributed by atoms with Crippen molar-refractivity contribution in [2.45, 2.75) is 186 Å². The number of likely N-dealkylation sites (N-methyl/N-ethyl adjacent to an activating group) is 1. The standard InChI is InChI=1S/C46H82NO9P/c1-6-8-10-12-14-15-16-17-18-19-20-21-22-23-24-28-32-36-45(48)52-40-42(41-54-57(50,51)53-39-38-47(3,4)5)55-46(49)37-33-29-25-27-31-35-44-43(56-44)34-30-26-13-11-9-7-2/h14-15,17-18,20-21,26,30,42-44H,6-13,16,19,22-25,27-29,31-41H2,1-5H3/b15-14-,18-17-,21-20-,30-26-/t42-,43?,44?/m1/s1. The van der Waals surface area contributed by atoms with Gasteiger partial charge >= 0.3 is 11.9 Å². The van der Waals surface area contributed by atoms with E-state index in [1.165, 1.54) is 44.9 Å². The van der Waals surface area contributed by atoms with Crippen LogP contribution in [0.2, 0.25) is 0 Å². The second-order valence-corrected chi connectivity index (χ2v) is 17.9. The normalized spacial score (nSPS) is 17.6. The summed E-state index contributed by atoms with van der Waals surface area (Å²) in [5, 5.41) is 0. The van der Waals surface area contributed by atoms with E-state index in [4.69, 9.17) is 23.3 Å². The minimum Gasteiger partial charge on any atom is -0.756 e. The molecule has 1 aliphatic heterocycles. The van der Waals surface area contributed by atoms with Crippen LogP contribution in [0.15, 0.2) is 48.6 Å². The zero-order chi connectivity index (χ0) is 41.9. The summed E-state index contributed by atoms with van der Waals surface area (Å²) in [6.07, 6.45) is 41.5. The quantitative estimate of drug-likeness (QED) is 0.0149. The molecule has 1 aliphatic rings. The number of phosphoric ester groups is 1. The van der Waals surface area contributed by atoms with Crippen molar-refractivity contribution in [3.63, 3.8) is 0 Å². The van der Waals surface area contributed by atoms with E-state index >= 15 is 0 Å². The van der Waals surface area contributed by atoms with E-state index < -0.39 is 32.5 Å². The molecule has 0 N–H and O–H groups in total. The Morgan fingerprint density at radius 1 is 0.649 bits per heavy atom. The van der Waals surface area contributed by atoms with Crippen LogP contribution in [0, 0.1) is 0 Å².